The molecule has 0 aromatic carbocycles. The minimum absolute atomic E-state index is 0.146. The normalized spacial score (nSPS) is 12.8. The van der Waals surface area contributed by atoms with Gasteiger partial charge in [0, 0.05) is 6.07 Å². The van der Waals surface area contributed by atoms with Gasteiger partial charge in [-0.05, 0) is 24.2 Å². The number of hydrogen-bond donors (Lipinski definition) is 0. The van der Waals surface area contributed by atoms with E-state index in [0.717, 1.165) is 4.73 Å². The van der Waals surface area contributed by atoms with Crippen LogP contribution in [0.5, 0.6) is 0 Å². The van der Waals surface area contributed by atoms with E-state index in [9.17, 15) is 5.21 Å². The standard InChI is InChI=1S/C12H20ClNO2Si/c1-12(2,3)17(4,5)16-9-11-7-6-10(13)8-14(11)15/h6-8H,9H2,1-5H3. The third kappa shape index (κ3) is 3.69. The van der Waals surface area contributed by atoms with Crippen molar-refractivity contribution in [1.29, 1.82) is 0 Å². The first-order valence-corrected chi connectivity index (χ1v) is 8.94. The Labute approximate surface area is 109 Å². The molecule has 0 unspecified atom stereocenters. The molecule has 0 N–H and O–H groups in total. The van der Waals surface area contributed by atoms with Crippen LogP contribution in [-0.2, 0) is 11.0 Å². The fourth-order valence-corrected chi connectivity index (χ4v) is 2.16. The second-order valence-electron chi connectivity index (χ2n) is 5.71. The smallest absolute Gasteiger partial charge is 0.217 e. The Balaban J connectivity index is 2.74. The average molecular weight is 274 g/mol. The molecule has 96 valence electrons. The zero-order valence-electron chi connectivity index (χ0n) is 11.1. The molecular weight excluding hydrogens is 254 g/mol. The summed E-state index contributed by atoms with van der Waals surface area (Å²) in [5.41, 5.74) is 0.597. The van der Waals surface area contributed by atoms with E-state index >= 15 is 0 Å². The van der Waals surface area contributed by atoms with Crippen molar-refractivity contribution in [3.8, 4) is 0 Å². The van der Waals surface area contributed by atoms with Gasteiger partial charge in [0.2, 0.25) is 5.69 Å². The first-order chi connectivity index (χ1) is 7.63. The Morgan fingerprint density at radius 1 is 1.35 bits per heavy atom. The third-order valence-electron chi connectivity index (χ3n) is 3.35. The Kier molecular flexibility index (Phi) is 4.22. The van der Waals surface area contributed by atoms with E-state index in [1.165, 1.54) is 6.20 Å². The van der Waals surface area contributed by atoms with E-state index in [-0.39, 0.29) is 5.04 Å². The number of rotatable bonds is 3. The van der Waals surface area contributed by atoms with Crippen molar-refractivity contribution < 1.29 is 9.16 Å². The van der Waals surface area contributed by atoms with Crippen LogP contribution in [0, 0.1) is 5.21 Å². The summed E-state index contributed by atoms with van der Waals surface area (Å²) in [5, 5.41) is 12.2. The van der Waals surface area contributed by atoms with Crippen LogP contribution in [0.3, 0.4) is 0 Å². The largest absolute Gasteiger partial charge is 0.618 e. The maximum Gasteiger partial charge on any atom is 0.217 e. The van der Waals surface area contributed by atoms with Crippen molar-refractivity contribution in [3.63, 3.8) is 0 Å². The van der Waals surface area contributed by atoms with Crippen molar-refractivity contribution >= 4 is 19.9 Å². The van der Waals surface area contributed by atoms with E-state index in [4.69, 9.17) is 16.0 Å². The number of nitrogens with zero attached hydrogens (tertiary/aromatic N) is 1. The molecule has 0 bridgehead atoms. The van der Waals surface area contributed by atoms with Crippen LogP contribution in [-0.4, -0.2) is 8.32 Å². The topological polar surface area (TPSA) is 36.2 Å². The third-order valence-corrected chi connectivity index (χ3v) is 8.05. The molecule has 1 aromatic heterocycles. The molecule has 5 heteroatoms. The van der Waals surface area contributed by atoms with Crippen LogP contribution < -0.4 is 4.73 Å². The summed E-state index contributed by atoms with van der Waals surface area (Å²) in [7, 11) is -1.81. The van der Waals surface area contributed by atoms with Gasteiger partial charge in [-0.15, -0.1) is 0 Å². The van der Waals surface area contributed by atoms with Crippen molar-refractivity contribution in [2.24, 2.45) is 0 Å². The molecule has 0 atom stereocenters. The Morgan fingerprint density at radius 3 is 2.41 bits per heavy atom. The highest BCUT2D eigenvalue weighted by Gasteiger charge is 2.37. The van der Waals surface area contributed by atoms with Crippen molar-refractivity contribution in [3.05, 3.63) is 34.3 Å². The summed E-state index contributed by atoms with van der Waals surface area (Å²) < 4.78 is 6.75. The molecule has 1 aromatic rings. The fraction of sp³-hybridized carbons (Fsp3) is 0.583. The second kappa shape index (κ2) is 4.96. The summed E-state index contributed by atoms with van der Waals surface area (Å²) in [5.74, 6) is 0. The van der Waals surface area contributed by atoms with Gasteiger partial charge in [0.25, 0.3) is 0 Å². The van der Waals surface area contributed by atoms with Crippen molar-refractivity contribution in [1.82, 2.24) is 0 Å². The molecule has 0 spiro atoms. The van der Waals surface area contributed by atoms with E-state index in [1.807, 2.05) is 0 Å². The van der Waals surface area contributed by atoms with E-state index < -0.39 is 8.32 Å². The van der Waals surface area contributed by atoms with Gasteiger partial charge < -0.3 is 9.63 Å². The minimum Gasteiger partial charge on any atom is -0.618 e. The van der Waals surface area contributed by atoms with Crippen LogP contribution in [0.25, 0.3) is 0 Å². The number of pyridine rings is 1. The highest BCUT2D eigenvalue weighted by Crippen LogP contribution is 2.36. The molecule has 0 amide bonds. The van der Waals surface area contributed by atoms with Gasteiger partial charge >= 0.3 is 0 Å². The summed E-state index contributed by atoms with van der Waals surface area (Å²) in [6, 6.07) is 3.42. The Bertz CT molecular complexity index is 402. The van der Waals surface area contributed by atoms with E-state index in [0.29, 0.717) is 17.3 Å². The Hall–Kier alpha value is -0.583. The van der Waals surface area contributed by atoms with Gasteiger partial charge in [0.1, 0.15) is 11.6 Å². The molecule has 0 aliphatic rings. The Morgan fingerprint density at radius 2 is 1.94 bits per heavy atom. The lowest BCUT2D eigenvalue weighted by Gasteiger charge is -2.35. The molecule has 0 radical (unpaired) electrons. The van der Waals surface area contributed by atoms with Crippen LogP contribution in [0.4, 0.5) is 0 Å². The van der Waals surface area contributed by atoms with Gasteiger partial charge in [-0.3, -0.25) is 0 Å². The number of hydrogen-bond acceptors (Lipinski definition) is 2. The lowest BCUT2D eigenvalue weighted by molar-refractivity contribution is -0.616. The highest BCUT2D eigenvalue weighted by atomic mass is 35.5. The maximum atomic E-state index is 11.6. The molecule has 1 rings (SSSR count). The highest BCUT2D eigenvalue weighted by molar-refractivity contribution is 6.74. The number of aromatic nitrogens is 1. The van der Waals surface area contributed by atoms with Crippen LogP contribution >= 0.6 is 11.6 Å². The molecule has 17 heavy (non-hydrogen) atoms. The van der Waals surface area contributed by atoms with E-state index in [1.54, 1.807) is 12.1 Å². The molecule has 1 heterocycles. The summed E-state index contributed by atoms with van der Waals surface area (Å²) >= 11 is 5.73. The van der Waals surface area contributed by atoms with Gasteiger partial charge in [-0.2, -0.15) is 4.73 Å². The minimum atomic E-state index is -1.81. The predicted octanol–water partition coefficient (Wildman–Crippen LogP) is 3.50. The van der Waals surface area contributed by atoms with Gasteiger partial charge in [0.05, 0.1) is 0 Å². The van der Waals surface area contributed by atoms with Gasteiger partial charge in [-0.1, -0.05) is 32.4 Å². The molecule has 0 aliphatic heterocycles. The zero-order chi connectivity index (χ0) is 13.3. The van der Waals surface area contributed by atoms with Crippen molar-refractivity contribution in [2.45, 2.75) is 45.5 Å². The monoisotopic (exact) mass is 273 g/mol. The molecule has 0 fully saturated rings. The molecule has 0 saturated heterocycles. The van der Waals surface area contributed by atoms with Crippen LogP contribution in [0.15, 0.2) is 18.3 Å². The lowest BCUT2D eigenvalue weighted by atomic mass is 10.2. The summed E-state index contributed by atoms with van der Waals surface area (Å²) in [6.07, 6.45) is 1.35. The van der Waals surface area contributed by atoms with Crippen molar-refractivity contribution in [2.75, 3.05) is 0 Å². The van der Waals surface area contributed by atoms with Crippen LogP contribution in [0.1, 0.15) is 26.5 Å². The second-order valence-corrected chi connectivity index (χ2v) is 11.0. The first-order valence-electron chi connectivity index (χ1n) is 5.65. The van der Waals surface area contributed by atoms with Gasteiger partial charge in [0.15, 0.2) is 14.5 Å². The van der Waals surface area contributed by atoms with Crippen LogP contribution in [0.2, 0.25) is 23.2 Å². The zero-order valence-corrected chi connectivity index (χ0v) is 12.8. The molecule has 0 aliphatic carbocycles. The van der Waals surface area contributed by atoms with Gasteiger partial charge in [-0.25, -0.2) is 0 Å². The lowest BCUT2D eigenvalue weighted by Crippen LogP contribution is -2.42. The fourth-order valence-electron chi connectivity index (χ4n) is 1.07. The quantitative estimate of drug-likeness (QED) is 0.480. The maximum absolute atomic E-state index is 11.6. The summed E-state index contributed by atoms with van der Waals surface area (Å²) in [4.78, 5) is 0. The SMILES string of the molecule is CC(C)(C)[Si](C)(C)OCc1ccc(Cl)c[n+]1[O-]. The molecular formula is C12H20ClNO2Si. The molecule has 3 nitrogen and oxygen atoms in total. The average Bonchev–Trinajstić information content (AvgIpc) is 2.14. The predicted molar refractivity (Wildman–Crippen MR) is 72.4 cm³/mol. The summed E-state index contributed by atoms with van der Waals surface area (Å²) in [6.45, 7) is 11.2. The first kappa shape index (κ1) is 14.5. The molecule has 0 saturated carbocycles. The number of halogens is 1. The van der Waals surface area contributed by atoms with E-state index in [2.05, 4.69) is 33.9 Å².